The molecule has 1 aliphatic carbocycles. The van der Waals surface area contributed by atoms with Crippen LogP contribution in [0, 0.1) is 23.6 Å². The summed E-state index contributed by atoms with van der Waals surface area (Å²) in [5.41, 5.74) is 2.03. The van der Waals surface area contributed by atoms with Crippen LogP contribution in [-0.4, -0.2) is 8.80 Å². The first-order valence-electron chi connectivity index (χ1n) is 13.0. The van der Waals surface area contributed by atoms with Crippen molar-refractivity contribution in [3.05, 3.63) is 35.1 Å². The van der Waals surface area contributed by atoms with Gasteiger partial charge in [-0.05, 0) is 67.1 Å². The van der Waals surface area contributed by atoms with Gasteiger partial charge in [-0.1, -0.05) is 95.5 Å². The van der Waals surface area contributed by atoms with Crippen LogP contribution in [0.1, 0.15) is 95.6 Å². The minimum atomic E-state index is -0.326. The average Bonchev–Trinajstić information content (AvgIpc) is 2.76. The summed E-state index contributed by atoms with van der Waals surface area (Å²) in [6.07, 6.45) is 17.8. The molecule has 2 fully saturated rings. The summed E-state index contributed by atoms with van der Waals surface area (Å²) in [6, 6.07) is 10.8. The fourth-order valence-corrected chi connectivity index (χ4v) is 9.84. The van der Waals surface area contributed by atoms with E-state index in [-0.39, 0.29) is 14.6 Å². The van der Waals surface area contributed by atoms with Gasteiger partial charge in [-0.15, -0.1) is 0 Å². The molecule has 29 heavy (non-hydrogen) atoms. The van der Waals surface area contributed by atoms with Crippen LogP contribution in [0.2, 0.25) is 18.1 Å². The molecule has 1 aromatic carbocycles. The van der Waals surface area contributed by atoms with E-state index >= 15 is 0 Å². The molecule has 0 radical (unpaired) electrons. The number of hydrogen-bond acceptors (Lipinski definition) is 0. The van der Waals surface area contributed by atoms with E-state index in [4.69, 9.17) is 0 Å². The van der Waals surface area contributed by atoms with E-state index in [9.17, 15) is 4.39 Å². The maximum absolute atomic E-state index is 13.9. The summed E-state index contributed by atoms with van der Waals surface area (Å²) in [7, 11) is -0.326. The van der Waals surface area contributed by atoms with Gasteiger partial charge in [-0.2, -0.15) is 0 Å². The Balaban J connectivity index is 1.28. The topological polar surface area (TPSA) is 0 Å². The van der Waals surface area contributed by atoms with Gasteiger partial charge in [-0.25, -0.2) is 4.39 Å². The SMILES string of the molecule is CCCC[SiH]1CCC(C2CCC(CCCCc3ccc(CC)c(F)c3)CC2)CC1. The second kappa shape index (κ2) is 12.3. The molecule has 0 amide bonds. The number of benzene rings is 1. The molecule has 1 aliphatic heterocycles. The summed E-state index contributed by atoms with van der Waals surface area (Å²) in [4.78, 5) is 0. The Labute approximate surface area is 181 Å². The molecule has 164 valence electrons. The molecule has 3 rings (SSSR count). The van der Waals surface area contributed by atoms with E-state index in [0.29, 0.717) is 0 Å². The first kappa shape index (κ1) is 23.0. The minimum Gasteiger partial charge on any atom is -0.207 e. The Morgan fingerprint density at radius 3 is 2.28 bits per heavy atom. The van der Waals surface area contributed by atoms with Crippen molar-refractivity contribution < 1.29 is 4.39 Å². The summed E-state index contributed by atoms with van der Waals surface area (Å²) >= 11 is 0. The third-order valence-corrected chi connectivity index (χ3v) is 11.8. The van der Waals surface area contributed by atoms with Crippen LogP contribution in [0.4, 0.5) is 4.39 Å². The van der Waals surface area contributed by atoms with E-state index in [0.717, 1.165) is 36.2 Å². The predicted octanol–water partition coefficient (Wildman–Crippen LogP) is 8.34. The van der Waals surface area contributed by atoms with Crippen LogP contribution in [0.25, 0.3) is 0 Å². The molecule has 0 aromatic heterocycles. The Morgan fingerprint density at radius 2 is 1.62 bits per heavy atom. The number of unbranched alkanes of at least 4 members (excludes halogenated alkanes) is 2. The third-order valence-electron chi connectivity index (χ3n) is 8.24. The highest BCUT2D eigenvalue weighted by Crippen LogP contribution is 2.42. The van der Waals surface area contributed by atoms with E-state index in [1.54, 1.807) is 37.0 Å². The Hall–Kier alpha value is -0.633. The van der Waals surface area contributed by atoms with Gasteiger partial charge in [-0.3, -0.25) is 0 Å². The molecular weight excluding hydrogens is 371 g/mol. The fraction of sp³-hybridized carbons (Fsp3) is 0.778. The normalized spacial score (nSPS) is 27.8. The Kier molecular flexibility index (Phi) is 9.75. The molecule has 1 saturated heterocycles. The molecule has 2 heteroatoms. The van der Waals surface area contributed by atoms with Gasteiger partial charge in [0.1, 0.15) is 5.82 Å². The van der Waals surface area contributed by atoms with Gasteiger partial charge in [0.05, 0.1) is 0 Å². The smallest absolute Gasteiger partial charge is 0.126 e. The lowest BCUT2D eigenvalue weighted by atomic mass is 9.73. The molecule has 0 N–H and O–H groups in total. The van der Waals surface area contributed by atoms with Gasteiger partial charge < -0.3 is 0 Å². The van der Waals surface area contributed by atoms with Crippen molar-refractivity contribution in [1.29, 1.82) is 0 Å². The summed E-state index contributed by atoms with van der Waals surface area (Å²) in [5, 5.41) is 0. The highest BCUT2D eigenvalue weighted by Gasteiger charge is 2.30. The summed E-state index contributed by atoms with van der Waals surface area (Å²) in [6.45, 7) is 4.37. The molecule has 0 nitrogen and oxygen atoms in total. The Morgan fingerprint density at radius 1 is 0.897 bits per heavy atom. The van der Waals surface area contributed by atoms with Crippen molar-refractivity contribution in [2.24, 2.45) is 17.8 Å². The molecule has 0 spiro atoms. The van der Waals surface area contributed by atoms with Gasteiger partial charge >= 0.3 is 0 Å². The average molecular weight is 417 g/mol. The van der Waals surface area contributed by atoms with Crippen molar-refractivity contribution in [3.8, 4) is 0 Å². The number of rotatable bonds is 10. The van der Waals surface area contributed by atoms with E-state index in [1.807, 2.05) is 13.0 Å². The summed E-state index contributed by atoms with van der Waals surface area (Å²) in [5.74, 6) is 3.11. The zero-order chi connectivity index (χ0) is 20.5. The van der Waals surface area contributed by atoms with Gasteiger partial charge in [0.2, 0.25) is 0 Å². The minimum absolute atomic E-state index is 0.00890. The monoisotopic (exact) mass is 416 g/mol. The number of hydrogen-bond donors (Lipinski definition) is 0. The van der Waals surface area contributed by atoms with Crippen LogP contribution in [0.3, 0.4) is 0 Å². The molecule has 0 atom stereocenters. The lowest BCUT2D eigenvalue weighted by Gasteiger charge is -2.37. The van der Waals surface area contributed by atoms with Crippen molar-refractivity contribution in [2.75, 3.05) is 0 Å². The van der Waals surface area contributed by atoms with E-state index < -0.39 is 0 Å². The maximum atomic E-state index is 13.9. The predicted molar refractivity (Wildman–Crippen MR) is 128 cm³/mol. The quantitative estimate of drug-likeness (QED) is 0.265. The van der Waals surface area contributed by atoms with Crippen molar-refractivity contribution >= 4 is 8.80 Å². The van der Waals surface area contributed by atoms with Crippen LogP contribution in [-0.2, 0) is 12.8 Å². The van der Waals surface area contributed by atoms with E-state index in [2.05, 4.69) is 13.0 Å². The van der Waals surface area contributed by atoms with Crippen molar-refractivity contribution in [3.63, 3.8) is 0 Å². The van der Waals surface area contributed by atoms with Crippen LogP contribution < -0.4 is 0 Å². The molecular formula is C27H45FSi. The van der Waals surface area contributed by atoms with E-state index in [1.165, 1.54) is 63.4 Å². The number of halogens is 1. The zero-order valence-corrected chi connectivity index (χ0v) is 20.4. The highest BCUT2D eigenvalue weighted by molar-refractivity contribution is 6.58. The van der Waals surface area contributed by atoms with Gasteiger partial charge in [0.25, 0.3) is 0 Å². The first-order chi connectivity index (χ1) is 14.2. The second-order valence-corrected chi connectivity index (χ2v) is 13.7. The van der Waals surface area contributed by atoms with Crippen LogP contribution >= 0.6 is 0 Å². The third kappa shape index (κ3) is 7.23. The zero-order valence-electron chi connectivity index (χ0n) is 19.2. The molecule has 2 aliphatic rings. The van der Waals surface area contributed by atoms with Crippen LogP contribution in [0.5, 0.6) is 0 Å². The Bertz CT molecular complexity index is 582. The standard InChI is InChI=1S/C27H45FSi/c1-3-5-18-29-19-16-26(17-20-29)25-14-10-22(11-15-25)8-6-7-9-23-12-13-24(4-2)27(28)21-23/h12-13,21-22,25-26,29H,3-11,14-20H2,1-2H3. The second-order valence-electron chi connectivity index (χ2n) is 10.2. The number of aryl methyl sites for hydroxylation is 2. The van der Waals surface area contributed by atoms with Crippen molar-refractivity contribution in [2.45, 2.75) is 115 Å². The largest absolute Gasteiger partial charge is 0.207 e. The van der Waals surface area contributed by atoms with Gasteiger partial charge in [0.15, 0.2) is 0 Å². The molecule has 1 saturated carbocycles. The van der Waals surface area contributed by atoms with Crippen LogP contribution in [0.15, 0.2) is 18.2 Å². The highest BCUT2D eigenvalue weighted by atomic mass is 28.3. The molecule has 1 aromatic rings. The lowest BCUT2D eigenvalue weighted by molar-refractivity contribution is 0.184. The lowest BCUT2D eigenvalue weighted by Crippen LogP contribution is -2.28. The summed E-state index contributed by atoms with van der Waals surface area (Å²) < 4.78 is 13.9. The fourth-order valence-electron chi connectivity index (χ4n) is 6.18. The maximum Gasteiger partial charge on any atom is 0.126 e. The molecule has 0 unspecified atom stereocenters. The molecule has 0 bridgehead atoms. The van der Waals surface area contributed by atoms with Crippen molar-refractivity contribution in [1.82, 2.24) is 0 Å². The first-order valence-corrected chi connectivity index (χ1v) is 15.4. The van der Waals surface area contributed by atoms with Gasteiger partial charge in [0, 0.05) is 8.80 Å². The molecule has 1 heterocycles.